The Morgan fingerprint density at radius 1 is 1.11 bits per heavy atom. The van der Waals surface area contributed by atoms with Crippen molar-refractivity contribution >= 4 is 11.9 Å². The Bertz CT molecular complexity index is 1040. The molecule has 0 aromatic rings. The van der Waals surface area contributed by atoms with Gasteiger partial charge in [-0.05, 0) is 70.1 Å². The van der Waals surface area contributed by atoms with E-state index >= 15 is 0 Å². The first-order valence-corrected chi connectivity index (χ1v) is 14.0. The maximum atomic E-state index is 12.5. The highest BCUT2D eigenvalue weighted by Crippen LogP contribution is 2.68. The minimum Gasteiger partial charge on any atom is -0.462 e. The molecule has 11 atom stereocenters. The quantitative estimate of drug-likeness (QED) is 0.386. The minimum atomic E-state index is -1.27. The van der Waals surface area contributed by atoms with Crippen molar-refractivity contribution in [3.63, 3.8) is 0 Å². The number of rotatable bonds is 3. The normalized spacial score (nSPS) is 47.2. The van der Waals surface area contributed by atoms with Gasteiger partial charge in [-0.15, -0.1) is 0 Å². The summed E-state index contributed by atoms with van der Waals surface area (Å²) in [5, 5.41) is 35.2. The number of carbonyl (C=O) groups is 2. The molecule has 0 spiro atoms. The van der Waals surface area contributed by atoms with Gasteiger partial charge in [0.1, 0.15) is 17.8 Å². The number of fused-ring (bicyclic) bond motifs is 5. The maximum Gasteiger partial charge on any atom is 0.334 e. The second kappa shape index (κ2) is 8.92. The molecule has 206 valence electrons. The molecule has 7 heteroatoms. The van der Waals surface area contributed by atoms with Crippen molar-refractivity contribution in [3.8, 4) is 0 Å². The van der Waals surface area contributed by atoms with E-state index in [-0.39, 0.29) is 41.7 Å². The van der Waals surface area contributed by atoms with E-state index in [9.17, 15) is 24.9 Å². The summed E-state index contributed by atoms with van der Waals surface area (Å²) in [5.41, 5.74) is 0.437. The van der Waals surface area contributed by atoms with Crippen LogP contribution in [0.5, 0.6) is 0 Å². The second-order valence-corrected chi connectivity index (χ2v) is 13.3. The topological polar surface area (TPSA) is 113 Å². The molecule has 0 saturated heterocycles. The molecule has 0 aromatic heterocycles. The Morgan fingerprint density at radius 2 is 1.81 bits per heavy atom. The zero-order valence-corrected chi connectivity index (χ0v) is 23.1. The molecule has 0 radical (unpaired) electrons. The molecule has 5 rings (SSSR count). The van der Waals surface area contributed by atoms with Crippen LogP contribution in [0.4, 0.5) is 0 Å². The summed E-state index contributed by atoms with van der Waals surface area (Å²) in [6.07, 6.45) is 4.60. The SMILES string of the molecule is CC(=O)O[C@@H]1CC2=CC[C@@H]3[C@H](C[C@@H](O)[C@]4(C)[C@@H]([C@@](C)(O)[C@H]5CC(C)=C(C)C(=O)O5)CC[C@@H]34)[C@@]2(C)[C@@H](O)C1. The van der Waals surface area contributed by atoms with E-state index in [4.69, 9.17) is 9.47 Å². The van der Waals surface area contributed by atoms with Crippen LogP contribution in [0, 0.1) is 34.5 Å². The molecular weight excluding hydrogens is 472 g/mol. The van der Waals surface area contributed by atoms with Crippen molar-refractivity contribution in [2.75, 3.05) is 0 Å². The third kappa shape index (κ3) is 3.86. The Kier molecular flexibility index (Phi) is 6.48. The van der Waals surface area contributed by atoms with E-state index in [1.807, 2.05) is 6.92 Å². The van der Waals surface area contributed by atoms with Crippen LogP contribution in [0.15, 0.2) is 22.8 Å². The number of aliphatic hydroxyl groups is 3. The summed E-state index contributed by atoms with van der Waals surface area (Å²) in [7, 11) is 0. The average Bonchev–Trinajstić information content (AvgIpc) is 3.18. The minimum absolute atomic E-state index is 0.109. The first kappa shape index (κ1) is 26.9. The molecule has 0 amide bonds. The van der Waals surface area contributed by atoms with Crippen LogP contribution >= 0.6 is 0 Å². The van der Waals surface area contributed by atoms with E-state index < -0.39 is 34.7 Å². The van der Waals surface area contributed by atoms with Crippen molar-refractivity contribution in [1.82, 2.24) is 0 Å². The number of allylic oxidation sites excluding steroid dienone is 1. The predicted molar refractivity (Wildman–Crippen MR) is 137 cm³/mol. The molecule has 7 nitrogen and oxygen atoms in total. The molecule has 0 aromatic carbocycles. The summed E-state index contributed by atoms with van der Waals surface area (Å²) >= 11 is 0. The molecule has 5 aliphatic rings. The highest BCUT2D eigenvalue weighted by Gasteiger charge is 2.67. The van der Waals surface area contributed by atoms with Gasteiger partial charge in [0.15, 0.2) is 0 Å². The number of aliphatic hydroxyl groups excluding tert-OH is 2. The molecule has 3 fully saturated rings. The lowest BCUT2D eigenvalue weighted by atomic mass is 9.45. The standard InChI is InChI=1S/C30H44O7/c1-15-11-26(37-27(34)16(15)2)30(6,35)23-10-9-21-20-8-7-18-12-19(36-17(3)31)13-24(32)28(18,4)22(20)14-25(33)29(21,23)5/h7,19-26,32-33,35H,8-14H2,1-6H3/t19-,20+,21+,22+,23+,24+,25-,26-,28+,29+,30-/m1/s1. The highest BCUT2D eigenvalue weighted by molar-refractivity contribution is 5.89. The van der Waals surface area contributed by atoms with Crippen molar-refractivity contribution in [1.29, 1.82) is 0 Å². The first-order chi connectivity index (χ1) is 17.2. The van der Waals surface area contributed by atoms with Crippen LogP contribution in [-0.2, 0) is 19.1 Å². The molecule has 0 bridgehead atoms. The summed E-state index contributed by atoms with van der Waals surface area (Å²) in [4.78, 5) is 24.0. The van der Waals surface area contributed by atoms with Crippen LogP contribution in [-0.4, -0.2) is 57.3 Å². The van der Waals surface area contributed by atoms with Crippen molar-refractivity contribution < 1.29 is 34.4 Å². The largest absolute Gasteiger partial charge is 0.462 e. The molecule has 37 heavy (non-hydrogen) atoms. The zero-order valence-electron chi connectivity index (χ0n) is 23.1. The van der Waals surface area contributed by atoms with Crippen LogP contribution < -0.4 is 0 Å². The van der Waals surface area contributed by atoms with Gasteiger partial charge in [0, 0.05) is 42.6 Å². The lowest BCUT2D eigenvalue weighted by Gasteiger charge is -2.61. The van der Waals surface area contributed by atoms with Crippen LogP contribution in [0.3, 0.4) is 0 Å². The van der Waals surface area contributed by atoms with Crippen molar-refractivity contribution in [3.05, 3.63) is 22.8 Å². The van der Waals surface area contributed by atoms with Gasteiger partial charge in [0.2, 0.25) is 0 Å². The van der Waals surface area contributed by atoms with Gasteiger partial charge in [0.25, 0.3) is 0 Å². The monoisotopic (exact) mass is 516 g/mol. The van der Waals surface area contributed by atoms with Gasteiger partial charge in [-0.3, -0.25) is 4.79 Å². The Balaban J connectivity index is 1.44. The number of cyclic esters (lactones) is 1. The van der Waals surface area contributed by atoms with Crippen LogP contribution in [0.2, 0.25) is 0 Å². The van der Waals surface area contributed by atoms with Gasteiger partial charge >= 0.3 is 11.9 Å². The van der Waals surface area contributed by atoms with E-state index in [2.05, 4.69) is 19.9 Å². The first-order valence-electron chi connectivity index (χ1n) is 14.0. The highest BCUT2D eigenvalue weighted by atomic mass is 16.6. The maximum absolute atomic E-state index is 12.5. The smallest absolute Gasteiger partial charge is 0.334 e. The third-order valence-electron chi connectivity index (χ3n) is 11.6. The fourth-order valence-electron chi connectivity index (χ4n) is 9.33. The van der Waals surface area contributed by atoms with Gasteiger partial charge in [-0.1, -0.05) is 31.1 Å². The van der Waals surface area contributed by atoms with Crippen molar-refractivity contribution in [2.24, 2.45) is 34.5 Å². The molecule has 3 N–H and O–H groups in total. The number of hydrogen-bond acceptors (Lipinski definition) is 7. The van der Waals surface area contributed by atoms with E-state index in [0.717, 1.165) is 30.4 Å². The fraction of sp³-hybridized carbons (Fsp3) is 0.800. The van der Waals surface area contributed by atoms with Crippen LogP contribution in [0.25, 0.3) is 0 Å². The average molecular weight is 517 g/mol. The lowest BCUT2D eigenvalue weighted by molar-refractivity contribution is -0.204. The van der Waals surface area contributed by atoms with Gasteiger partial charge in [0.05, 0.1) is 12.2 Å². The molecule has 0 unspecified atom stereocenters. The van der Waals surface area contributed by atoms with Crippen molar-refractivity contribution in [2.45, 2.75) is 117 Å². The summed E-state index contributed by atoms with van der Waals surface area (Å²) in [6, 6.07) is 0. The third-order valence-corrected chi connectivity index (χ3v) is 11.6. The summed E-state index contributed by atoms with van der Waals surface area (Å²) < 4.78 is 11.2. The fourth-order valence-corrected chi connectivity index (χ4v) is 9.33. The summed E-state index contributed by atoms with van der Waals surface area (Å²) in [5.74, 6) is -0.337. The number of esters is 2. The van der Waals surface area contributed by atoms with Gasteiger partial charge in [-0.2, -0.15) is 0 Å². The lowest BCUT2D eigenvalue weighted by Crippen LogP contribution is -2.62. The van der Waals surface area contributed by atoms with E-state index in [1.165, 1.54) is 6.92 Å². The predicted octanol–water partition coefficient (Wildman–Crippen LogP) is 3.84. The number of carbonyl (C=O) groups excluding carboxylic acids is 2. The Morgan fingerprint density at radius 3 is 2.46 bits per heavy atom. The number of ether oxygens (including phenoxy) is 2. The Labute approximate surface area is 220 Å². The second-order valence-electron chi connectivity index (χ2n) is 13.3. The van der Waals surface area contributed by atoms with Crippen LogP contribution in [0.1, 0.15) is 86.5 Å². The molecule has 3 saturated carbocycles. The zero-order chi connectivity index (χ0) is 27.1. The van der Waals surface area contributed by atoms with Gasteiger partial charge < -0.3 is 24.8 Å². The molecule has 4 aliphatic carbocycles. The molecule has 1 aliphatic heterocycles. The van der Waals surface area contributed by atoms with E-state index in [1.54, 1.807) is 13.8 Å². The number of hydrogen-bond donors (Lipinski definition) is 3. The summed E-state index contributed by atoms with van der Waals surface area (Å²) in [6.45, 7) is 11.1. The van der Waals surface area contributed by atoms with Gasteiger partial charge in [-0.25, -0.2) is 4.79 Å². The Hall–Kier alpha value is -1.70. The molecule has 1 heterocycles. The van der Waals surface area contributed by atoms with E-state index in [0.29, 0.717) is 31.3 Å². The molecular formula is C30H44O7.